The molecular weight excluding hydrogens is 461 g/mol. The lowest BCUT2D eigenvalue weighted by atomic mass is 9.99. The molecule has 0 aliphatic carbocycles. The Kier molecular flexibility index (Phi) is 6.84. The van der Waals surface area contributed by atoms with Crippen molar-refractivity contribution in [3.8, 4) is 0 Å². The molecule has 1 aromatic carbocycles. The number of carbonyl (C=O) groups is 1. The van der Waals surface area contributed by atoms with E-state index in [1.54, 1.807) is 29.3 Å². The average molecular weight is 481 g/mol. The number of nitrogens with one attached hydrogen (secondary N) is 1. The number of anilines is 1. The predicted molar refractivity (Wildman–Crippen MR) is 120 cm³/mol. The van der Waals surface area contributed by atoms with Crippen molar-refractivity contribution in [1.82, 2.24) is 14.5 Å². The molecule has 4 rings (SSSR count). The maximum atomic E-state index is 12.7. The van der Waals surface area contributed by atoms with Gasteiger partial charge in [-0.1, -0.05) is 59.5 Å². The van der Waals surface area contributed by atoms with Crippen molar-refractivity contribution in [1.29, 1.82) is 0 Å². The van der Waals surface area contributed by atoms with Crippen LogP contribution in [0.4, 0.5) is 5.13 Å². The minimum atomic E-state index is -3.54. The molecule has 0 bridgehead atoms. The Morgan fingerprint density at radius 1 is 1.20 bits per heavy atom. The molecule has 11 heteroatoms. The fourth-order valence-electron chi connectivity index (χ4n) is 3.16. The van der Waals surface area contributed by atoms with Crippen molar-refractivity contribution < 1.29 is 13.2 Å². The van der Waals surface area contributed by atoms with Gasteiger partial charge in [-0.2, -0.15) is 4.31 Å². The summed E-state index contributed by atoms with van der Waals surface area (Å²) in [6, 6.07) is 13.4. The Labute approximate surface area is 187 Å². The SMILES string of the molecule is O=C(Nc1nnc(SCc2ccccc2)s1)C1CCCN(S(=O)(=O)c2cccs2)C1. The fraction of sp³-hybridized carbons (Fsp3) is 0.316. The first-order chi connectivity index (χ1) is 14.5. The minimum absolute atomic E-state index is 0.181. The second-order valence-corrected chi connectivity index (χ2v) is 12.1. The van der Waals surface area contributed by atoms with Crippen LogP contribution in [-0.2, 0) is 20.6 Å². The predicted octanol–water partition coefficient (Wildman–Crippen LogP) is 3.93. The van der Waals surface area contributed by atoms with Crippen molar-refractivity contribution in [2.24, 2.45) is 5.92 Å². The van der Waals surface area contributed by atoms with Gasteiger partial charge in [0, 0.05) is 18.8 Å². The summed E-state index contributed by atoms with van der Waals surface area (Å²) in [6.45, 7) is 0.615. The summed E-state index contributed by atoms with van der Waals surface area (Å²) in [7, 11) is -3.54. The van der Waals surface area contributed by atoms with Gasteiger partial charge in [0.25, 0.3) is 10.0 Å². The third-order valence-corrected chi connectivity index (χ3v) is 9.97. The summed E-state index contributed by atoms with van der Waals surface area (Å²) in [4.78, 5) is 12.7. The molecule has 1 N–H and O–H groups in total. The third-order valence-electron chi connectivity index (χ3n) is 4.69. The summed E-state index contributed by atoms with van der Waals surface area (Å²) >= 11 is 4.09. The topological polar surface area (TPSA) is 92.3 Å². The van der Waals surface area contributed by atoms with E-state index in [1.807, 2.05) is 18.2 Å². The van der Waals surface area contributed by atoms with Gasteiger partial charge in [-0.3, -0.25) is 4.79 Å². The van der Waals surface area contributed by atoms with Crippen LogP contribution in [0.15, 0.2) is 56.4 Å². The van der Waals surface area contributed by atoms with Gasteiger partial charge in [0.2, 0.25) is 11.0 Å². The van der Waals surface area contributed by atoms with Crippen molar-refractivity contribution in [3.63, 3.8) is 0 Å². The van der Waals surface area contributed by atoms with Crippen LogP contribution in [0.5, 0.6) is 0 Å². The van der Waals surface area contributed by atoms with Crippen LogP contribution in [-0.4, -0.2) is 41.9 Å². The highest BCUT2D eigenvalue weighted by molar-refractivity contribution is 8.00. The normalized spacial score (nSPS) is 17.7. The van der Waals surface area contributed by atoms with Gasteiger partial charge in [-0.15, -0.1) is 21.5 Å². The van der Waals surface area contributed by atoms with Crippen LogP contribution < -0.4 is 5.32 Å². The molecule has 3 heterocycles. The Balaban J connectivity index is 1.34. The molecule has 2 aromatic heterocycles. The van der Waals surface area contributed by atoms with E-state index in [0.29, 0.717) is 28.7 Å². The zero-order valence-electron chi connectivity index (χ0n) is 15.9. The smallest absolute Gasteiger partial charge is 0.252 e. The first-order valence-electron chi connectivity index (χ1n) is 9.37. The van der Waals surface area contributed by atoms with Crippen LogP contribution in [0.3, 0.4) is 0 Å². The number of piperidine rings is 1. The number of benzene rings is 1. The zero-order chi connectivity index (χ0) is 21.0. The van der Waals surface area contributed by atoms with E-state index in [1.165, 1.54) is 32.5 Å². The average Bonchev–Trinajstić information content (AvgIpc) is 3.46. The zero-order valence-corrected chi connectivity index (χ0v) is 19.2. The number of thioether (sulfide) groups is 1. The lowest BCUT2D eigenvalue weighted by Gasteiger charge is -2.30. The maximum Gasteiger partial charge on any atom is 0.252 e. The molecule has 158 valence electrons. The fourth-order valence-corrected chi connectivity index (χ4v) is 7.54. The van der Waals surface area contributed by atoms with Gasteiger partial charge < -0.3 is 5.32 Å². The molecule has 1 saturated heterocycles. The van der Waals surface area contributed by atoms with Crippen LogP contribution in [0, 0.1) is 5.92 Å². The van der Waals surface area contributed by atoms with Gasteiger partial charge in [-0.05, 0) is 29.9 Å². The number of aromatic nitrogens is 2. The van der Waals surface area contributed by atoms with E-state index in [2.05, 4.69) is 27.6 Å². The van der Waals surface area contributed by atoms with Crippen LogP contribution in [0.1, 0.15) is 18.4 Å². The molecule has 30 heavy (non-hydrogen) atoms. The van der Waals surface area contributed by atoms with E-state index in [-0.39, 0.29) is 12.5 Å². The molecule has 0 saturated carbocycles. The molecule has 1 aliphatic heterocycles. The second-order valence-electron chi connectivity index (χ2n) is 6.77. The summed E-state index contributed by atoms with van der Waals surface area (Å²) in [6.07, 6.45) is 1.30. The molecule has 0 spiro atoms. The van der Waals surface area contributed by atoms with Crippen LogP contribution in [0.25, 0.3) is 0 Å². The van der Waals surface area contributed by atoms with E-state index in [4.69, 9.17) is 0 Å². The third kappa shape index (κ3) is 5.09. The highest BCUT2D eigenvalue weighted by atomic mass is 32.2. The molecule has 1 unspecified atom stereocenters. The highest BCUT2D eigenvalue weighted by Crippen LogP contribution is 2.30. The van der Waals surface area contributed by atoms with Crippen molar-refractivity contribution in [3.05, 3.63) is 53.4 Å². The largest absolute Gasteiger partial charge is 0.300 e. The number of hydrogen-bond acceptors (Lipinski definition) is 8. The number of thiophene rings is 1. The van der Waals surface area contributed by atoms with E-state index < -0.39 is 15.9 Å². The van der Waals surface area contributed by atoms with Gasteiger partial charge in [0.05, 0.1) is 5.92 Å². The van der Waals surface area contributed by atoms with E-state index in [9.17, 15) is 13.2 Å². The first-order valence-corrected chi connectivity index (χ1v) is 13.5. The lowest BCUT2D eigenvalue weighted by molar-refractivity contribution is -0.120. The van der Waals surface area contributed by atoms with Crippen molar-refractivity contribution in [2.45, 2.75) is 27.1 Å². The quantitative estimate of drug-likeness (QED) is 0.407. The number of hydrogen-bond donors (Lipinski definition) is 1. The standard InChI is InChI=1S/C19H20N4O3S4/c24-17(15-8-4-10-23(12-15)30(25,26)16-9-5-11-27-16)20-18-21-22-19(29-18)28-13-14-6-2-1-3-7-14/h1-3,5-7,9,11,15H,4,8,10,12-13H2,(H,20,21,24). The summed E-state index contributed by atoms with van der Waals surface area (Å²) in [5.41, 5.74) is 1.19. The first kappa shape index (κ1) is 21.4. The van der Waals surface area contributed by atoms with E-state index >= 15 is 0 Å². The lowest BCUT2D eigenvalue weighted by Crippen LogP contribution is -2.43. The number of carbonyl (C=O) groups excluding carboxylic acids is 1. The Morgan fingerprint density at radius 2 is 2.03 bits per heavy atom. The Morgan fingerprint density at radius 3 is 2.80 bits per heavy atom. The second kappa shape index (κ2) is 9.56. The maximum absolute atomic E-state index is 12.7. The molecule has 1 aliphatic rings. The number of rotatable bonds is 7. The van der Waals surface area contributed by atoms with Gasteiger partial charge in [0.1, 0.15) is 4.21 Å². The number of sulfonamides is 1. The highest BCUT2D eigenvalue weighted by Gasteiger charge is 2.34. The van der Waals surface area contributed by atoms with Crippen LogP contribution >= 0.6 is 34.4 Å². The number of nitrogens with zero attached hydrogens (tertiary/aromatic N) is 3. The summed E-state index contributed by atoms with van der Waals surface area (Å²) < 4.78 is 28.0. The minimum Gasteiger partial charge on any atom is -0.300 e. The summed E-state index contributed by atoms with van der Waals surface area (Å²) in [5, 5.41) is 13.2. The molecule has 1 atom stereocenters. The Hall–Kier alpha value is -1.79. The summed E-state index contributed by atoms with van der Waals surface area (Å²) in [5.74, 6) is 0.163. The van der Waals surface area contributed by atoms with Gasteiger partial charge in [0.15, 0.2) is 4.34 Å². The van der Waals surface area contributed by atoms with Crippen molar-refractivity contribution >= 4 is 55.5 Å². The van der Waals surface area contributed by atoms with E-state index in [0.717, 1.165) is 10.1 Å². The van der Waals surface area contributed by atoms with Crippen LogP contribution in [0.2, 0.25) is 0 Å². The Bertz CT molecular complexity index is 1080. The molecule has 3 aromatic rings. The molecular formula is C19H20N4O3S4. The molecule has 1 amide bonds. The molecule has 1 fully saturated rings. The van der Waals surface area contributed by atoms with Crippen molar-refractivity contribution in [2.75, 3.05) is 18.4 Å². The number of amides is 1. The van der Waals surface area contributed by atoms with Gasteiger partial charge in [-0.25, -0.2) is 8.42 Å². The molecule has 7 nitrogen and oxygen atoms in total. The van der Waals surface area contributed by atoms with Gasteiger partial charge >= 0.3 is 0 Å². The monoisotopic (exact) mass is 480 g/mol. The molecule has 0 radical (unpaired) electrons.